The van der Waals surface area contributed by atoms with Crippen LogP contribution in [0.1, 0.15) is 11.1 Å². The molecule has 0 saturated heterocycles. The molecule has 3 heterocycles. The molecule has 0 spiro atoms. The molecule has 7 nitrogen and oxygen atoms in total. The highest BCUT2D eigenvalue weighted by Crippen LogP contribution is 2.47. The first-order valence-electron chi connectivity index (χ1n) is 10.8. The minimum absolute atomic E-state index is 0.0366. The molecule has 2 aromatic carbocycles. The third-order valence-electron chi connectivity index (χ3n) is 6.12. The molecule has 1 atom stereocenters. The number of aromatic nitrogens is 5. The van der Waals surface area contributed by atoms with E-state index in [9.17, 15) is 27.5 Å². The summed E-state index contributed by atoms with van der Waals surface area (Å²) < 4.78 is 61.1. The molecule has 184 valence electrons. The monoisotopic (exact) mass is 497 g/mol. The molecular weight excluding hydrogens is 478 g/mol. The van der Waals surface area contributed by atoms with Crippen LogP contribution in [0.4, 0.5) is 17.6 Å². The Morgan fingerprint density at radius 3 is 2.53 bits per heavy atom. The van der Waals surface area contributed by atoms with Crippen molar-refractivity contribution in [2.75, 3.05) is 0 Å². The van der Waals surface area contributed by atoms with Crippen LogP contribution in [0.3, 0.4) is 0 Å². The van der Waals surface area contributed by atoms with Crippen molar-refractivity contribution in [1.82, 2.24) is 23.9 Å². The average molecular weight is 497 g/mol. The van der Waals surface area contributed by atoms with Gasteiger partial charge in [-0.2, -0.15) is 18.3 Å². The fourth-order valence-electron chi connectivity index (χ4n) is 4.33. The number of allylic oxidation sites excluding steroid dienone is 1. The fourth-order valence-corrected chi connectivity index (χ4v) is 4.33. The van der Waals surface area contributed by atoms with Crippen LogP contribution in [-0.2, 0) is 19.2 Å². The molecule has 0 aliphatic carbocycles. The predicted molar refractivity (Wildman–Crippen MR) is 125 cm³/mol. The van der Waals surface area contributed by atoms with Gasteiger partial charge in [0.2, 0.25) is 5.60 Å². The third kappa shape index (κ3) is 3.42. The zero-order valence-electron chi connectivity index (χ0n) is 18.9. The van der Waals surface area contributed by atoms with Crippen LogP contribution in [-0.4, -0.2) is 35.2 Å². The standard InChI is InChI=1S/C25H19F4N5O2/c1-3-10-33-13-19(21-22(33)23(35)32(2)14-30-21)24(36,25(27,28)29)16-4-9-20-15(11-16)12-31-34(20)18-7-5-17(26)6-8-18/h3-9,11-14,36H,1,10H2,2H3. The Bertz CT molecular complexity index is 1680. The van der Waals surface area contributed by atoms with Crippen molar-refractivity contribution in [3.63, 3.8) is 0 Å². The number of halogens is 4. The zero-order chi connectivity index (χ0) is 25.8. The van der Waals surface area contributed by atoms with Gasteiger partial charge in [-0.3, -0.25) is 4.79 Å². The molecule has 0 fully saturated rings. The van der Waals surface area contributed by atoms with E-state index in [1.165, 1.54) is 65.0 Å². The van der Waals surface area contributed by atoms with Gasteiger partial charge in [-0.05, 0) is 42.0 Å². The predicted octanol–water partition coefficient (Wildman–Crippen LogP) is 4.20. The third-order valence-corrected chi connectivity index (χ3v) is 6.12. The number of aryl methyl sites for hydroxylation is 1. The number of fused-ring (bicyclic) bond motifs is 2. The summed E-state index contributed by atoms with van der Waals surface area (Å²) in [6.07, 6.45) is -0.185. The van der Waals surface area contributed by atoms with Gasteiger partial charge in [-0.25, -0.2) is 14.1 Å². The lowest BCUT2D eigenvalue weighted by molar-refractivity contribution is -0.247. The first-order valence-corrected chi connectivity index (χ1v) is 10.8. The molecule has 0 radical (unpaired) electrons. The van der Waals surface area contributed by atoms with Gasteiger partial charge < -0.3 is 14.2 Å². The van der Waals surface area contributed by atoms with Crippen molar-refractivity contribution >= 4 is 21.9 Å². The minimum atomic E-state index is -5.16. The Morgan fingerprint density at radius 1 is 1.14 bits per heavy atom. The van der Waals surface area contributed by atoms with Gasteiger partial charge in [0.1, 0.15) is 16.9 Å². The maximum atomic E-state index is 14.6. The summed E-state index contributed by atoms with van der Waals surface area (Å²) in [6, 6.07) is 9.20. The molecule has 36 heavy (non-hydrogen) atoms. The molecule has 0 aliphatic heterocycles. The lowest BCUT2D eigenvalue weighted by Crippen LogP contribution is -2.43. The van der Waals surface area contributed by atoms with Crippen LogP contribution in [0.25, 0.3) is 27.6 Å². The van der Waals surface area contributed by atoms with Crippen molar-refractivity contribution in [1.29, 1.82) is 0 Å². The number of hydrogen-bond donors (Lipinski definition) is 1. The maximum absolute atomic E-state index is 14.6. The van der Waals surface area contributed by atoms with Crippen molar-refractivity contribution in [3.8, 4) is 5.69 Å². The number of alkyl halides is 3. The molecule has 5 rings (SSSR count). The van der Waals surface area contributed by atoms with Crippen molar-refractivity contribution in [2.45, 2.75) is 18.3 Å². The number of hydrogen-bond acceptors (Lipinski definition) is 4. The molecule has 0 amide bonds. The van der Waals surface area contributed by atoms with Crippen LogP contribution in [0.5, 0.6) is 0 Å². The Kier molecular flexibility index (Phi) is 5.32. The van der Waals surface area contributed by atoms with Crippen LogP contribution in [0, 0.1) is 5.82 Å². The second-order valence-corrected chi connectivity index (χ2v) is 8.36. The topological polar surface area (TPSA) is 77.9 Å². The second kappa shape index (κ2) is 8.16. The van der Waals surface area contributed by atoms with Crippen molar-refractivity contribution < 1.29 is 22.7 Å². The summed E-state index contributed by atoms with van der Waals surface area (Å²) in [6.45, 7) is 3.63. The summed E-state index contributed by atoms with van der Waals surface area (Å²) in [5.41, 5.74) is -4.47. The highest BCUT2D eigenvalue weighted by molar-refractivity contribution is 5.84. The fraction of sp³-hybridized carbons (Fsp3) is 0.160. The van der Waals surface area contributed by atoms with E-state index in [2.05, 4.69) is 16.7 Å². The zero-order valence-corrected chi connectivity index (χ0v) is 18.9. The first-order chi connectivity index (χ1) is 17.1. The van der Waals surface area contributed by atoms with E-state index in [-0.39, 0.29) is 17.6 Å². The molecule has 1 unspecified atom stereocenters. The quantitative estimate of drug-likeness (QED) is 0.292. The summed E-state index contributed by atoms with van der Waals surface area (Å²) in [5, 5.41) is 15.9. The second-order valence-electron chi connectivity index (χ2n) is 8.36. The summed E-state index contributed by atoms with van der Waals surface area (Å²) in [4.78, 5) is 16.8. The molecular formula is C25H19F4N5O2. The summed E-state index contributed by atoms with van der Waals surface area (Å²) >= 11 is 0. The number of aliphatic hydroxyl groups is 1. The van der Waals surface area contributed by atoms with Gasteiger partial charge in [0.15, 0.2) is 0 Å². The normalized spacial score (nSPS) is 13.8. The van der Waals surface area contributed by atoms with Crippen molar-refractivity contribution in [3.05, 3.63) is 101 Å². The Hall–Kier alpha value is -4.25. The van der Waals surface area contributed by atoms with Gasteiger partial charge in [-0.15, -0.1) is 6.58 Å². The van der Waals surface area contributed by atoms with Crippen LogP contribution < -0.4 is 5.56 Å². The van der Waals surface area contributed by atoms with Gasteiger partial charge in [0.05, 0.1) is 23.7 Å². The molecule has 5 aromatic rings. The van der Waals surface area contributed by atoms with Crippen LogP contribution >= 0.6 is 0 Å². The SMILES string of the molecule is C=CCn1cc(C(O)(c2ccc3c(cnn3-c3ccc(F)cc3)c2)C(F)(F)F)c2ncn(C)c(=O)c21. The number of benzene rings is 2. The Labute approximate surface area is 201 Å². The van der Waals surface area contributed by atoms with Crippen LogP contribution in [0.2, 0.25) is 0 Å². The van der Waals surface area contributed by atoms with E-state index in [1.807, 2.05) is 0 Å². The molecule has 11 heteroatoms. The van der Waals surface area contributed by atoms with Crippen molar-refractivity contribution in [2.24, 2.45) is 7.05 Å². The highest BCUT2D eigenvalue weighted by atomic mass is 19.4. The summed E-state index contributed by atoms with van der Waals surface area (Å²) in [5.74, 6) is -0.438. The number of rotatable bonds is 5. The average Bonchev–Trinajstić information content (AvgIpc) is 3.43. The molecule has 0 aliphatic rings. The molecule has 0 saturated carbocycles. The Morgan fingerprint density at radius 2 is 1.86 bits per heavy atom. The largest absolute Gasteiger partial charge is 0.425 e. The van der Waals surface area contributed by atoms with Gasteiger partial charge in [0.25, 0.3) is 5.56 Å². The van der Waals surface area contributed by atoms with Gasteiger partial charge in [0, 0.05) is 30.7 Å². The van der Waals surface area contributed by atoms with E-state index in [4.69, 9.17) is 0 Å². The van der Waals surface area contributed by atoms with E-state index in [0.717, 1.165) is 23.2 Å². The van der Waals surface area contributed by atoms with E-state index < -0.39 is 34.3 Å². The van der Waals surface area contributed by atoms with Crippen LogP contribution in [0.15, 0.2) is 78.6 Å². The molecule has 3 aromatic heterocycles. The van der Waals surface area contributed by atoms with Gasteiger partial charge in [-0.1, -0.05) is 12.1 Å². The minimum Gasteiger partial charge on any atom is -0.372 e. The molecule has 1 N–H and O–H groups in total. The lowest BCUT2D eigenvalue weighted by Gasteiger charge is -2.30. The smallest absolute Gasteiger partial charge is 0.372 e. The summed E-state index contributed by atoms with van der Waals surface area (Å²) in [7, 11) is 1.43. The number of nitrogens with zero attached hydrogens (tertiary/aromatic N) is 5. The lowest BCUT2D eigenvalue weighted by atomic mass is 9.86. The first kappa shape index (κ1) is 23.5. The highest BCUT2D eigenvalue weighted by Gasteiger charge is 2.58. The maximum Gasteiger partial charge on any atom is 0.425 e. The van der Waals surface area contributed by atoms with E-state index in [0.29, 0.717) is 16.6 Å². The van der Waals surface area contributed by atoms with E-state index >= 15 is 0 Å². The van der Waals surface area contributed by atoms with Gasteiger partial charge >= 0.3 is 6.18 Å². The Balaban J connectivity index is 1.74. The van der Waals surface area contributed by atoms with E-state index in [1.54, 1.807) is 0 Å². The molecule has 0 bridgehead atoms.